The van der Waals surface area contributed by atoms with Gasteiger partial charge in [0.05, 0.1) is 29.9 Å². The van der Waals surface area contributed by atoms with Crippen molar-refractivity contribution in [1.82, 2.24) is 9.80 Å². The molecule has 35 heavy (non-hydrogen) atoms. The van der Waals surface area contributed by atoms with Crippen LogP contribution in [0.1, 0.15) is 32.3 Å². The van der Waals surface area contributed by atoms with Crippen LogP contribution in [-0.2, 0) is 25.6 Å². The Hall–Kier alpha value is -3.42. The van der Waals surface area contributed by atoms with Gasteiger partial charge in [-0.1, -0.05) is 11.6 Å². The number of carbonyl (C=O) groups is 4. The fourth-order valence-electron chi connectivity index (χ4n) is 7.17. The van der Waals surface area contributed by atoms with Crippen molar-refractivity contribution in [2.45, 2.75) is 33.1 Å². The maximum Gasteiger partial charge on any atom is 0.234 e. The number of nitrogens with zero attached hydrogens (tertiary/aromatic N) is 2. The quantitative estimate of drug-likeness (QED) is 0.531. The number of imide groups is 2. The second-order valence-electron chi connectivity index (χ2n) is 10.1. The molecule has 0 bridgehead atoms. The number of aromatic hydroxyl groups is 1. The zero-order valence-electron chi connectivity index (χ0n) is 19.8. The molecule has 0 aromatic heterocycles. The molecular weight excluding hydrogens is 448 g/mol. The van der Waals surface area contributed by atoms with Crippen molar-refractivity contribution in [3.8, 4) is 11.5 Å². The number of phenols is 1. The number of carbonyl (C=O) groups excluding carboxylic acids is 4. The summed E-state index contributed by atoms with van der Waals surface area (Å²) >= 11 is 0. The summed E-state index contributed by atoms with van der Waals surface area (Å²) in [5.41, 5.74) is 2.64. The van der Waals surface area contributed by atoms with Crippen molar-refractivity contribution in [1.29, 1.82) is 0 Å². The number of fused-ring (bicyclic) bond motifs is 5. The lowest BCUT2D eigenvalue weighted by Gasteiger charge is -2.45. The molecule has 1 aromatic carbocycles. The molecule has 1 aromatic rings. The molecule has 6 unspecified atom stereocenters. The molecule has 2 saturated heterocycles. The van der Waals surface area contributed by atoms with Gasteiger partial charge in [-0.2, -0.15) is 0 Å². The molecule has 8 heteroatoms. The highest BCUT2D eigenvalue weighted by atomic mass is 16.5. The van der Waals surface area contributed by atoms with E-state index in [0.717, 1.165) is 16.7 Å². The van der Waals surface area contributed by atoms with E-state index in [1.165, 1.54) is 9.80 Å². The van der Waals surface area contributed by atoms with Gasteiger partial charge >= 0.3 is 0 Å². The summed E-state index contributed by atoms with van der Waals surface area (Å²) in [6.45, 7) is 4.24. The first-order valence-electron chi connectivity index (χ1n) is 12.4. The Morgan fingerprint density at radius 3 is 2.31 bits per heavy atom. The molecule has 1 N–H and O–H groups in total. The van der Waals surface area contributed by atoms with Crippen LogP contribution in [0.3, 0.4) is 0 Å². The Balaban J connectivity index is 1.45. The number of benzene rings is 1. The van der Waals surface area contributed by atoms with Gasteiger partial charge in [0.25, 0.3) is 0 Å². The van der Waals surface area contributed by atoms with Crippen LogP contribution in [0.5, 0.6) is 11.5 Å². The second-order valence-corrected chi connectivity index (χ2v) is 10.1. The summed E-state index contributed by atoms with van der Waals surface area (Å²) in [6.07, 6.45) is 5.04. The lowest BCUT2D eigenvalue weighted by molar-refractivity contribution is -0.141. The van der Waals surface area contributed by atoms with Gasteiger partial charge < -0.3 is 9.84 Å². The topological polar surface area (TPSA) is 104 Å². The van der Waals surface area contributed by atoms with Gasteiger partial charge in [-0.25, -0.2) is 0 Å². The third-order valence-corrected chi connectivity index (χ3v) is 8.64. The number of hydrogen-bond acceptors (Lipinski definition) is 6. The lowest BCUT2D eigenvalue weighted by atomic mass is 9.56. The number of allylic oxidation sites excluding steroid dienone is 3. The van der Waals surface area contributed by atoms with E-state index in [0.29, 0.717) is 38.1 Å². The average molecular weight is 477 g/mol. The summed E-state index contributed by atoms with van der Waals surface area (Å²) in [5.74, 6) is -2.53. The fraction of sp³-hybridized carbons (Fsp3) is 0.481. The third kappa shape index (κ3) is 2.98. The van der Waals surface area contributed by atoms with Crippen molar-refractivity contribution in [2.24, 2.45) is 35.5 Å². The average Bonchev–Trinajstić information content (AvgIpc) is 3.25. The fourth-order valence-corrected chi connectivity index (χ4v) is 7.17. The molecule has 1 saturated carbocycles. The van der Waals surface area contributed by atoms with Crippen LogP contribution >= 0.6 is 0 Å². The molecule has 182 valence electrons. The number of hydrogen-bond donors (Lipinski definition) is 1. The van der Waals surface area contributed by atoms with Crippen LogP contribution in [0.2, 0.25) is 0 Å². The van der Waals surface area contributed by atoms with E-state index < -0.39 is 23.7 Å². The Morgan fingerprint density at radius 1 is 0.914 bits per heavy atom. The molecule has 6 atom stereocenters. The maximum absolute atomic E-state index is 13.5. The summed E-state index contributed by atoms with van der Waals surface area (Å²) in [6, 6.07) is 4.93. The van der Waals surface area contributed by atoms with Crippen LogP contribution in [0, 0.1) is 35.5 Å². The minimum atomic E-state index is -0.551. The summed E-state index contributed by atoms with van der Waals surface area (Å²) < 4.78 is 5.91. The van der Waals surface area contributed by atoms with E-state index in [9.17, 15) is 24.3 Å². The third-order valence-electron chi connectivity index (χ3n) is 8.64. The summed E-state index contributed by atoms with van der Waals surface area (Å²) in [4.78, 5) is 55.8. The van der Waals surface area contributed by atoms with Crippen LogP contribution in [0.15, 0.2) is 41.7 Å². The number of likely N-dealkylation sites (tertiary alicyclic amines) is 2. The molecule has 0 radical (unpaired) electrons. The van der Waals surface area contributed by atoms with Crippen LogP contribution in [-0.4, -0.2) is 51.6 Å². The SMILES string of the molecule is CCN1C(=O)C2CC=C3C(CC4C(=O)N(CC)C(=O)C4C3C3=COc4ccc(O)cc4C3)C2C1=O. The largest absolute Gasteiger partial charge is 0.508 e. The predicted molar refractivity (Wildman–Crippen MR) is 124 cm³/mol. The Kier molecular flexibility index (Phi) is 4.92. The zero-order valence-corrected chi connectivity index (χ0v) is 19.8. The minimum Gasteiger partial charge on any atom is -0.508 e. The molecule has 0 spiro atoms. The standard InChI is InChI=1S/C27H28N2O6/c1-3-28-24(31)17-7-6-16-18(22(17)26(28)33)11-19-23(27(34)29(4-2)25(19)32)21(16)14-9-13-10-15(30)5-8-20(13)35-12-14/h5-6,8,10,12,17-19,21-23,30H,3-4,7,9,11H2,1-2H3. The Labute approximate surface area is 203 Å². The number of amides is 4. The second kappa shape index (κ2) is 7.80. The van der Waals surface area contributed by atoms with Gasteiger partial charge in [0.2, 0.25) is 23.6 Å². The molecule has 8 nitrogen and oxygen atoms in total. The van der Waals surface area contributed by atoms with E-state index in [1.807, 2.05) is 6.08 Å². The molecule has 6 rings (SSSR count). The van der Waals surface area contributed by atoms with Crippen molar-refractivity contribution < 1.29 is 29.0 Å². The minimum absolute atomic E-state index is 0.131. The normalized spacial score (nSPS) is 33.5. The van der Waals surface area contributed by atoms with E-state index in [4.69, 9.17) is 4.74 Å². The van der Waals surface area contributed by atoms with E-state index >= 15 is 0 Å². The van der Waals surface area contributed by atoms with E-state index in [1.54, 1.807) is 38.3 Å². The number of rotatable bonds is 3. The number of ether oxygens (including phenoxy) is 1. The molecule has 4 amide bonds. The van der Waals surface area contributed by atoms with Crippen LogP contribution in [0.4, 0.5) is 0 Å². The predicted octanol–water partition coefficient (Wildman–Crippen LogP) is 2.42. The molecule has 2 aliphatic carbocycles. The first kappa shape index (κ1) is 22.1. The summed E-state index contributed by atoms with van der Waals surface area (Å²) in [7, 11) is 0. The smallest absolute Gasteiger partial charge is 0.234 e. The van der Waals surface area contributed by atoms with Crippen molar-refractivity contribution >= 4 is 23.6 Å². The van der Waals surface area contributed by atoms with Crippen LogP contribution < -0.4 is 4.74 Å². The van der Waals surface area contributed by atoms with Crippen molar-refractivity contribution in [2.75, 3.05) is 13.1 Å². The monoisotopic (exact) mass is 476 g/mol. The zero-order chi connectivity index (χ0) is 24.6. The van der Waals surface area contributed by atoms with E-state index in [2.05, 4.69) is 0 Å². The van der Waals surface area contributed by atoms with Crippen molar-refractivity contribution in [3.63, 3.8) is 0 Å². The van der Waals surface area contributed by atoms with Gasteiger partial charge in [0.15, 0.2) is 0 Å². The lowest BCUT2D eigenvalue weighted by Crippen LogP contribution is -2.45. The first-order chi connectivity index (χ1) is 16.8. The Morgan fingerprint density at radius 2 is 1.60 bits per heavy atom. The Bertz CT molecular complexity index is 1230. The summed E-state index contributed by atoms with van der Waals surface area (Å²) in [5, 5.41) is 10.0. The highest BCUT2D eigenvalue weighted by Gasteiger charge is 2.61. The van der Waals surface area contributed by atoms with E-state index in [-0.39, 0.29) is 41.2 Å². The molecule has 5 aliphatic rings. The highest BCUT2D eigenvalue weighted by Crippen LogP contribution is 2.57. The molecule has 3 fully saturated rings. The van der Waals surface area contributed by atoms with Gasteiger partial charge in [-0.05, 0) is 56.4 Å². The van der Waals surface area contributed by atoms with Gasteiger partial charge in [0, 0.05) is 31.0 Å². The van der Waals surface area contributed by atoms with Crippen LogP contribution in [0.25, 0.3) is 0 Å². The first-order valence-corrected chi connectivity index (χ1v) is 12.4. The molecule has 3 aliphatic heterocycles. The van der Waals surface area contributed by atoms with Gasteiger partial charge in [0.1, 0.15) is 11.5 Å². The highest BCUT2D eigenvalue weighted by molar-refractivity contribution is 6.07. The molecular formula is C27H28N2O6. The molecule has 3 heterocycles. The maximum atomic E-state index is 13.5. The van der Waals surface area contributed by atoms with Gasteiger partial charge in [-0.3, -0.25) is 29.0 Å². The number of phenolic OH excluding ortho intramolecular Hbond substituents is 1. The van der Waals surface area contributed by atoms with Crippen molar-refractivity contribution in [3.05, 3.63) is 47.2 Å². The van der Waals surface area contributed by atoms with Gasteiger partial charge in [-0.15, -0.1) is 0 Å².